The zero-order valence-electron chi connectivity index (χ0n) is 19.3. The molecule has 0 fully saturated rings. The lowest BCUT2D eigenvalue weighted by molar-refractivity contribution is -0.136. The van der Waals surface area contributed by atoms with Crippen LogP contribution < -0.4 is 5.32 Å². The van der Waals surface area contributed by atoms with Gasteiger partial charge in [0.15, 0.2) is 15.1 Å². The predicted molar refractivity (Wildman–Crippen MR) is 130 cm³/mol. The minimum absolute atomic E-state index is 0.0102. The zero-order chi connectivity index (χ0) is 25.2. The van der Waals surface area contributed by atoms with Crippen LogP contribution in [0.4, 0.5) is 0 Å². The van der Waals surface area contributed by atoms with Gasteiger partial charge >= 0.3 is 5.97 Å². The van der Waals surface area contributed by atoms with E-state index in [1.165, 1.54) is 19.2 Å². The van der Waals surface area contributed by atoms with Gasteiger partial charge in [-0.1, -0.05) is 23.7 Å². The van der Waals surface area contributed by atoms with E-state index in [0.717, 1.165) is 16.5 Å². The number of nitrogens with one attached hydrogen (secondary N) is 1. The number of rotatable bonds is 9. The molecule has 34 heavy (non-hydrogen) atoms. The molecule has 3 aromatic rings. The molecule has 1 amide bonds. The van der Waals surface area contributed by atoms with Gasteiger partial charge in [-0.05, 0) is 61.7 Å². The fraction of sp³-hybridized carbons (Fsp3) is 0.333. The van der Waals surface area contributed by atoms with Crippen molar-refractivity contribution < 1.29 is 27.9 Å². The zero-order valence-corrected chi connectivity index (χ0v) is 20.9. The second-order valence-electron chi connectivity index (χ2n) is 8.19. The number of nitrogens with zero attached hydrogens (tertiary/aromatic N) is 1. The molecule has 2 aromatic carbocycles. The lowest BCUT2D eigenvalue weighted by atomic mass is 10.1. The van der Waals surface area contributed by atoms with Gasteiger partial charge in [-0.2, -0.15) is 0 Å². The fourth-order valence-electron chi connectivity index (χ4n) is 3.84. The lowest BCUT2D eigenvalue weighted by Gasteiger charge is -2.17. The van der Waals surface area contributed by atoms with Crippen molar-refractivity contribution in [1.29, 1.82) is 0 Å². The molecule has 0 aliphatic carbocycles. The van der Waals surface area contributed by atoms with Crippen molar-refractivity contribution in [3.8, 4) is 0 Å². The second-order valence-corrected chi connectivity index (χ2v) is 10.7. The average molecular weight is 507 g/mol. The SMILES string of the molecule is COCCC(C(=O)O)S(=O)(=O)c1ccc([C@@H](C)NC(=O)c2cc3c(Cl)cc(C)cc3n2C)cc1. The molecule has 8 nitrogen and oxygen atoms in total. The second kappa shape index (κ2) is 10.2. The van der Waals surface area contributed by atoms with E-state index in [0.29, 0.717) is 16.3 Å². The molecule has 2 N–H and O–H groups in total. The molecular formula is C24H27ClN2O6S. The van der Waals surface area contributed by atoms with Gasteiger partial charge in [0.1, 0.15) is 5.69 Å². The molecule has 1 unspecified atom stereocenters. The van der Waals surface area contributed by atoms with Crippen molar-refractivity contribution in [3.05, 3.63) is 64.3 Å². The summed E-state index contributed by atoms with van der Waals surface area (Å²) in [5.74, 6) is -1.73. The average Bonchev–Trinajstić information content (AvgIpc) is 3.10. The van der Waals surface area contributed by atoms with Crippen LogP contribution >= 0.6 is 11.6 Å². The molecular weight excluding hydrogens is 480 g/mol. The number of aryl methyl sites for hydroxylation is 2. The molecule has 10 heteroatoms. The predicted octanol–water partition coefficient (Wildman–Crippen LogP) is 3.89. The number of aromatic nitrogens is 1. The Kier molecular flexibility index (Phi) is 7.70. The lowest BCUT2D eigenvalue weighted by Crippen LogP contribution is -2.31. The number of carbonyl (C=O) groups excluding carboxylic acids is 1. The Morgan fingerprint density at radius 1 is 1.18 bits per heavy atom. The van der Waals surface area contributed by atoms with Gasteiger partial charge in [-0.15, -0.1) is 0 Å². The fourth-order valence-corrected chi connectivity index (χ4v) is 5.68. The maximum absolute atomic E-state index is 13.0. The first-order valence-electron chi connectivity index (χ1n) is 10.6. The Bertz CT molecular complexity index is 1330. The highest BCUT2D eigenvalue weighted by molar-refractivity contribution is 7.92. The van der Waals surface area contributed by atoms with Crippen LogP contribution in [0.2, 0.25) is 5.02 Å². The van der Waals surface area contributed by atoms with E-state index < -0.39 is 27.1 Å². The van der Waals surface area contributed by atoms with E-state index in [2.05, 4.69) is 5.32 Å². The van der Waals surface area contributed by atoms with E-state index in [1.807, 2.05) is 19.1 Å². The number of carbonyl (C=O) groups is 2. The molecule has 0 saturated carbocycles. The summed E-state index contributed by atoms with van der Waals surface area (Å²) in [7, 11) is -0.922. The third-order valence-electron chi connectivity index (χ3n) is 5.78. The Labute approximate surface area is 203 Å². The number of sulfone groups is 1. The molecule has 1 heterocycles. The van der Waals surface area contributed by atoms with Crippen molar-refractivity contribution in [3.63, 3.8) is 0 Å². The summed E-state index contributed by atoms with van der Waals surface area (Å²) in [4.78, 5) is 24.4. The molecule has 3 rings (SSSR count). The van der Waals surface area contributed by atoms with Gasteiger partial charge in [0, 0.05) is 26.2 Å². The van der Waals surface area contributed by atoms with Crippen LogP contribution in [-0.2, 0) is 26.4 Å². The third kappa shape index (κ3) is 5.11. The molecule has 0 spiro atoms. The smallest absolute Gasteiger partial charge is 0.322 e. The standard InChI is InChI=1S/C24H27ClN2O6S/c1-14-11-19(25)18-13-21(27(3)20(18)12-14)23(28)26-15(2)16-5-7-17(8-6-16)34(31,32)22(24(29)30)9-10-33-4/h5-8,11-13,15,22H,9-10H2,1-4H3,(H,26,28)(H,29,30)/t15-,22?/m1/s1. The number of carboxylic acids is 1. The minimum Gasteiger partial charge on any atom is -0.480 e. The van der Waals surface area contributed by atoms with Gasteiger partial charge < -0.3 is 19.7 Å². The normalized spacial score (nSPS) is 13.6. The number of methoxy groups -OCH3 is 1. The van der Waals surface area contributed by atoms with Crippen LogP contribution in [0, 0.1) is 6.92 Å². The van der Waals surface area contributed by atoms with Crippen LogP contribution in [0.3, 0.4) is 0 Å². The molecule has 0 aliphatic rings. The summed E-state index contributed by atoms with van der Waals surface area (Å²) in [6.07, 6.45) is -0.156. The summed E-state index contributed by atoms with van der Waals surface area (Å²) in [6.45, 7) is 3.72. The Balaban J connectivity index is 1.80. The van der Waals surface area contributed by atoms with Crippen molar-refractivity contribution in [2.75, 3.05) is 13.7 Å². The van der Waals surface area contributed by atoms with Crippen LogP contribution in [0.5, 0.6) is 0 Å². The van der Waals surface area contributed by atoms with Crippen molar-refractivity contribution in [1.82, 2.24) is 9.88 Å². The maximum Gasteiger partial charge on any atom is 0.322 e. The first kappa shape index (κ1) is 25.7. The molecule has 0 radical (unpaired) electrons. The monoisotopic (exact) mass is 506 g/mol. The van der Waals surface area contributed by atoms with E-state index in [4.69, 9.17) is 16.3 Å². The highest BCUT2D eigenvalue weighted by Gasteiger charge is 2.33. The first-order chi connectivity index (χ1) is 16.0. The molecule has 0 saturated heterocycles. The van der Waals surface area contributed by atoms with Crippen LogP contribution in [-0.4, -0.2) is 48.9 Å². The van der Waals surface area contributed by atoms with Gasteiger partial charge in [-0.3, -0.25) is 9.59 Å². The van der Waals surface area contributed by atoms with Crippen molar-refractivity contribution in [2.24, 2.45) is 7.05 Å². The summed E-state index contributed by atoms with van der Waals surface area (Å²) in [5.41, 5.74) is 2.94. The van der Waals surface area contributed by atoms with Crippen LogP contribution in [0.25, 0.3) is 10.9 Å². The first-order valence-corrected chi connectivity index (χ1v) is 12.5. The van der Waals surface area contributed by atoms with E-state index in [-0.39, 0.29) is 23.8 Å². The Morgan fingerprint density at radius 3 is 2.41 bits per heavy atom. The number of halogens is 1. The number of benzene rings is 2. The molecule has 0 aliphatic heterocycles. The van der Waals surface area contributed by atoms with Crippen molar-refractivity contribution >= 4 is 44.2 Å². The Hall–Kier alpha value is -2.88. The van der Waals surface area contributed by atoms with Gasteiger partial charge in [0.2, 0.25) is 0 Å². The van der Waals surface area contributed by atoms with Gasteiger partial charge in [-0.25, -0.2) is 8.42 Å². The number of aliphatic carboxylic acids is 1. The molecule has 0 bridgehead atoms. The molecule has 2 atom stereocenters. The van der Waals surface area contributed by atoms with Crippen LogP contribution in [0.15, 0.2) is 47.4 Å². The summed E-state index contributed by atoms with van der Waals surface area (Å²) >= 11 is 6.34. The topological polar surface area (TPSA) is 115 Å². The molecule has 182 valence electrons. The number of amides is 1. The van der Waals surface area contributed by atoms with E-state index >= 15 is 0 Å². The maximum atomic E-state index is 13.0. The molecule has 1 aromatic heterocycles. The summed E-state index contributed by atoms with van der Waals surface area (Å²) in [5, 5.41) is 12.0. The van der Waals surface area contributed by atoms with Gasteiger partial charge in [0.25, 0.3) is 5.91 Å². The number of carboxylic acid groups (broad SMARTS) is 1. The number of fused-ring (bicyclic) bond motifs is 1. The largest absolute Gasteiger partial charge is 0.480 e. The van der Waals surface area contributed by atoms with E-state index in [1.54, 1.807) is 36.7 Å². The number of hydrogen-bond donors (Lipinski definition) is 2. The minimum atomic E-state index is -4.09. The van der Waals surface area contributed by atoms with Gasteiger partial charge in [0.05, 0.1) is 21.5 Å². The highest BCUT2D eigenvalue weighted by atomic mass is 35.5. The number of hydrogen-bond acceptors (Lipinski definition) is 5. The van der Waals surface area contributed by atoms with E-state index in [9.17, 15) is 23.1 Å². The summed E-state index contributed by atoms with van der Waals surface area (Å²) in [6, 6.07) is 10.9. The number of ether oxygens (including phenoxy) is 1. The summed E-state index contributed by atoms with van der Waals surface area (Å²) < 4.78 is 32.2. The third-order valence-corrected chi connectivity index (χ3v) is 8.21. The quantitative estimate of drug-likeness (QED) is 0.455. The van der Waals surface area contributed by atoms with Crippen molar-refractivity contribution in [2.45, 2.75) is 36.5 Å². The Morgan fingerprint density at radius 2 is 1.82 bits per heavy atom. The highest BCUT2D eigenvalue weighted by Crippen LogP contribution is 2.28. The van der Waals surface area contributed by atoms with Crippen LogP contribution in [0.1, 0.15) is 41.0 Å².